The number of benzene rings is 1. The molecule has 2 rings (SSSR count). The van der Waals surface area contributed by atoms with E-state index in [9.17, 15) is 13.9 Å². The van der Waals surface area contributed by atoms with Gasteiger partial charge < -0.3 is 9.67 Å². The highest BCUT2D eigenvalue weighted by Crippen LogP contribution is 2.21. The van der Waals surface area contributed by atoms with Gasteiger partial charge in [-0.2, -0.15) is 0 Å². The van der Waals surface area contributed by atoms with Gasteiger partial charge in [0.25, 0.3) is 0 Å². The number of aromatic nitrogens is 2. The standard InChI is InChI=1S/C14H16F2N2O/c1-2-6-18-7-5-17-14(18)9-13(19)11-8-10(15)3-4-12(11)16/h3-5,7-8,13,19H,2,6,9H2,1H3. The summed E-state index contributed by atoms with van der Waals surface area (Å²) in [7, 11) is 0. The van der Waals surface area contributed by atoms with Crippen molar-refractivity contribution in [1.82, 2.24) is 9.55 Å². The average Bonchev–Trinajstić information content (AvgIpc) is 2.80. The molecule has 0 spiro atoms. The Morgan fingerprint density at radius 3 is 2.89 bits per heavy atom. The molecule has 0 saturated carbocycles. The molecule has 0 bridgehead atoms. The summed E-state index contributed by atoms with van der Waals surface area (Å²) in [5.74, 6) is -0.507. The Kier molecular flexibility index (Phi) is 4.27. The van der Waals surface area contributed by atoms with Gasteiger partial charge in [0.05, 0.1) is 6.10 Å². The van der Waals surface area contributed by atoms with E-state index in [0.29, 0.717) is 5.82 Å². The molecule has 0 saturated heterocycles. The molecule has 0 aliphatic carbocycles. The fourth-order valence-corrected chi connectivity index (χ4v) is 2.03. The zero-order valence-corrected chi connectivity index (χ0v) is 10.7. The van der Waals surface area contributed by atoms with Gasteiger partial charge in [0.2, 0.25) is 0 Å². The van der Waals surface area contributed by atoms with E-state index in [-0.39, 0.29) is 12.0 Å². The van der Waals surface area contributed by atoms with E-state index in [1.807, 2.05) is 17.7 Å². The summed E-state index contributed by atoms with van der Waals surface area (Å²) in [4.78, 5) is 4.14. The number of aryl methyl sites for hydroxylation is 1. The summed E-state index contributed by atoms with van der Waals surface area (Å²) < 4.78 is 28.5. The first-order valence-electron chi connectivity index (χ1n) is 6.24. The molecular weight excluding hydrogens is 250 g/mol. The predicted octanol–water partition coefficient (Wildman–Crippen LogP) is 2.85. The van der Waals surface area contributed by atoms with Crippen LogP contribution in [0.3, 0.4) is 0 Å². The van der Waals surface area contributed by atoms with Gasteiger partial charge in [-0.3, -0.25) is 0 Å². The van der Waals surface area contributed by atoms with Crippen molar-refractivity contribution >= 4 is 0 Å². The topological polar surface area (TPSA) is 38.0 Å². The van der Waals surface area contributed by atoms with Crippen molar-refractivity contribution in [2.24, 2.45) is 0 Å². The Balaban J connectivity index is 2.18. The highest BCUT2D eigenvalue weighted by Gasteiger charge is 2.16. The SMILES string of the molecule is CCCn1ccnc1CC(O)c1cc(F)ccc1F. The van der Waals surface area contributed by atoms with Crippen LogP contribution in [0.1, 0.15) is 30.8 Å². The van der Waals surface area contributed by atoms with Crippen LogP contribution in [0.15, 0.2) is 30.6 Å². The van der Waals surface area contributed by atoms with Crippen molar-refractivity contribution in [3.63, 3.8) is 0 Å². The minimum Gasteiger partial charge on any atom is -0.388 e. The lowest BCUT2D eigenvalue weighted by Crippen LogP contribution is -2.10. The van der Waals surface area contributed by atoms with Crippen LogP contribution in [-0.2, 0) is 13.0 Å². The van der Waals surface area contributed by atoms with Crippen molar-refractivity contribution < 1.29 is 13.9 Å². The fourth-order valence-electron chi connectivity index (χ4n) is 2.03. The fraction of sp³-hybridized carbons (Fsp3) is 0.357. The summed E-state index contributed by atoms with van der Waals surface area (Å²) in [6, 6.07) is 3.07. The molecule has 0 amide bonds. The van der Waals surface area contributed by atoms with E-state index in [0.717, 1.165) is 31.2 Å². The first-order chi connectivity index (χ1) is 9.11. The third-order valence-corrected chi connectivity index (χ3v) is 2.96. The van der Waals surface area contributed by atoms with Crippen molar-refractivity contribution in [1.29, 1.82) is 0 Å². The van der Waals surface area contributed by atoms with Crippen LogP contribution >= 0.6 is 0 Å². The number of aliphatic hydroxyl groups excluding tert-OH is 1. The summed E-state index contributed by atoms with van der Waals surface area (Å²) in [5, 5.41) is 10.0. The third kappa shape index (κ3) is 3.17. The molecule has 5 heteroatoms. The van der Waals surface area contributed by atoms with Crippen molar-refractivity contribution in [2.45, 2.75) is 32.4 Å². The minimum absolute atomic E-state index is 0.0361. The third-order valence-electron chi connectivity index (χ3n) is 2.96. The molecule has 1 N–H and O–H groups in total. The highest BCUT2D eigenvalue weighted by atomic mass is 19.1. The molecule has 102 valence electrons. The van der Waals surface area contributed by atoms with Crippen LogP contribution in [0.25, 0.3) is 0 Å². The molecule has 1 atom stereocenters. The van der Waals surface area contributed by atoms with Gasteiger partial charge in [0.15, 0.2) is 0 Å². The Labute approximate surface area is 110 Å². The molecule has 2 aromatic rings. The minimum atomic E-state index is -1.10. The number of hydrogen-bond donors (Lipinski definition) is 1. The van der Waals surface area contributed by atoms with E-state index in [1.54, 1.807) is 6.20 Å². The molecule has 0 radical (unpaired) electrons. The van der Waals surface area contributed by atoms with Gasteiger partial charge in [0, 0.05) is 30.9 Å². The average molecular weight is 266 g/mol. The Morgan fingerprint density at radius 1 is 1.37 bits per heavy atom. The normalized spacial score (nSPS) is 12.6. The highest BCUT2D eigenvalue weighted by molar-refractivity contribution is 5.22. The molecule has 19 heavy (non-hydrogen) atoms. The van der Waals surface area contributed by atoms with Gasteiger partial charge in [-0.1, -0.05) is 6.92 Å². The molecule has 0 aliphatic heterocycles. The van der Waals surface area contributed by atoms with Crippen LogP contribution in [-0.4, -0.2) is 14.7 Å². The molecular formula is C14H16F2N2O. The van der Waals surface area contributed by atoms with E-state index in [1.165, 1.54) is 0 Å². The lowest BCUT2D eigenvalue weighted by Gasteiger charge is -2.13. The quantitative estimate of drug-likeness (QED) is 0.903. The maximum Gasteiger partial charge on any atom is 0.129 e. The van der Waals surface area contributed by atoms with Crippen LogP contribution < -0.4 is 0 Å². The van der Waals surface area contributed by atoms with Gasteiger partial charge in [0.1, 0.15) is 17.5 Å². The number of halogens is 2. The first-order valence-corrected chi connectivity index (χ1v) is 6.24. The van der Waals surface area contributed by atoms with E-state index in [2.05, 4.69) is 4.98 Å². The van der Waals surface area contributed by atoms with Crippen LogP contribution in [0.4, 0.5) is 8.78 Å². The van der Waals surface area contributed by atoms with Gasteiger partial charge in [-0.15, -0.1) is 0 Å². The second kappa shape index (κ2) is 5.93. The largest absolute Gasteiger partial charge is 0.388 e. The van der Waals surface area contributed by atoms with Crippen LogP contribution in [0.2, 0.25) is 0 Å². The van der Waals surface area contributed by atoms with Crippen LogP contribution in [0, 0.1) is 11.6 Å². The second-order valence-corrected chi connectivity index (χ2v) is 4.42. The monoisotopic (exact) mass is 266 g/mol. The van der Waals surface area contributed by atoms with Crippen molar-refractivity contribution in [3.05, 3.63) is 53.6 Å². The summed E-state index contributed by atoms with van der Waals surface area (Å²) in [6.07, 6.45) is 3.45. The summed E-state index contributed by atoms with van der Waals surface area (Å²) in [5.41, 5.74) is -0.0361. The Hall–Kier alpha value is -1.75. The van der Waals surface area contributed by atoms with E-state index < -0.39 is 17.7 Å². The number of aliphatic hydroxyl groups is 1. The van der Waals surface area contributed by atoms with Crippen molar-refractivity contribution in [2.75, 3.05) is 0 Å². The number of nitrogens with zero attached hydrogens (tertiary/aromatic N) is 2. The summed E-state index contributed by atoms with van der Waals surface area (Å²) >= 11 is 0. The number of rotatable bonds is 5. The second-order valence-electron chi connectivity index (χ2n) is 4.42. The molecule has 1 aromatic carbocycles. The molecule has 1 aromatic heterocycles. The summed E-state index contributed by atoms with van der Waals surface area (Å²) in [6.45, 7) is 2.82. The zero-order valence-electron chi connectivity index (χ0n) is 10.7. The predicted molar refractivity (Wildman–Crippen MR) is 67.5 cm³/mol. The Bertz CT molecular complexity index is 554. The smallest absolute Gasteiger partial charge is 0.129 e. The maximum atomic E-state index is 13.5. The number of hydrogen-bond acceptors (Lipinski definition) is 2. The zero-order chi connectivity index (χ0) is 13.8. The lowest BCUT2D eigenvalue weighted by molar-refractivity contribution is 0.169. The molecule has 0 aliphatic rings. The van der Waals surface area contributed by atoms with Gasteiger partial charge in [-0.05, 0) is 24.6 Å². The first kappa shape index (κ1) is 13.7. The van der Waals surface area contributed by atoms with Gasteiger partial charge in [-0.25, -0.2) is 13.8 Å². The van der Waals surface area contributed by atoms with Gasteiger partial charge >= 0.3 is 0 Å². The molecule has 0 fully saturated rings. The molecule has 3 nitrogen and oxygen atoms in total. The van der Waals surface area contributed by atoms with E-state index in [4.69, 9.17) is 0 Å². The lowest BCUT2D eigenvalue weighted by atomic mass is 10.1. The maximum absolute atomic E-state index is 13.5. The molecule has 1 heterocycles. The van der Waals surface area contributed by atoms with E-state index >= 15 is 0 Å². The number of imidazole rings is 1. The van der Waals surface area contributed by atoms with Crippen LogP contribution in [0.5, 0.6) is 0 Å². The Morgan fingerprint density at radius 2 is 2.16 bits per heavy atom. The molecule has 1 unspecified atom stereocenters. The van der Waals surface area contributed by atoms with Crippen molar-refractivity contribution in [3.8, 4) is 0 Å².